The number of oxazole rings is 1. The lowest BCUT2D eigenvalue weighted by Crippen LogP contribution is -2.41. The Morgan fingerprint density at radius 1 is 1.35 bits per heavy atom. The second-order valence-corrected chi connectivity index (χ2v) is 6.99. The Kier molecular flexibility index (Phi) is 4.55. The molecular formula is C18H19ClN4O3. The highest BCUT2D eigenvalue weighted by molar-refractivity contribution is 6.31. The van der Waals surface area contributed by atoms with Gasteiger partial charge in [-0.25, -0.2) is 0 Å². The number of rotatable bonds is 4. The Bertz CT molecular complexity index is 900. The van der Waals surface area contributed by atoms with Gasteiger partial charge in [0.2, 0.25) is 5.91 Å². The van der Waals surface area contributed by atoms with Crippen molar-refractivity contribution in [3.8, 4) is 0 Å². The first-order chi connectivity index (χ1) is 12.6. The molecule has 2 aromatic heterocycles. The third-order valence-corrected chi connectivity index (χ3v) is 4.96. The van der Waals surface area contributed by atoms with E-state index < -0.39 is 0 Å². The summed E-state index contributed by atoms with van der Waals surface area (Å²) in [5.41, 5.74) is 2.22. The lowest BCUT2D eigenvalue weighted by Gasteiger charge is -2.32. The molecule has 0 aliphatic carbocycles. The summed E-state index contributed by atoms with van der Waals surface area (Å²) in [6.45, 7) is 1.92. The van der Waals surface area contributed by atoms with Gasteiger partial charge in [-0.15, -0.1) is 0 Å². The highest BCUT2D eigenvalue weighted by Gasteiger charge is 2.29. The van der Waals surface area contributed by atoms with E-state index in [4.69, 9.17) is 20.5 Å². The second kappa shape index (κ2) is 6.99. The lowest BCUT2D eigenvalue weighted by molar-refractivity contribution is -0.135. The number of fused-ring (bicyclic) bond motifs is 1. The van der Waals surface area contributed by atoms with Crippen LogP contribution in [0.15, 0.2) is 39.5 Å². The van der Waals surface area contributed by atoms with Crippen LogP contribution in [-0.4, -0.2) is 41.1 Å². The van der Waals surface area contributed by atoms with Crippen LogP contribution in [0.3, 0.4) is 0 Å². The molecule has 0 saturated carbocycles. The van der Waals surface area contributed by atoms with Gasteiger partial charge in [0.25, 0.3) is 6.01 Å². The molecule has 3 heterocycles. The minimum absolute atomic E-state index is 0.00183. The van der Waals surface area contributed by atoms with Crippen molar-refractivity contribution in [2.24, 2.45) is 5.92 Å². The van der Waals surface area contributed by atoms with Crippen LogP contribution in [0.5, 0.6) is 0 Å². The van der Waals surface area contributed by atoms with Gasteiger partial charge in [-0.1, -0.05) is 16.8 Å². The molecule has 1 aliphatic heterocycles. The van der Waals surface area contributed by atoms with E-state index in [1.54, 1.807) is 30.1 Å². The molecule has 1 aliphatic rings. The van der Waals surface area contributed by atoms with Gasteiger partial charge in [0.05, 0.1) is 6.54 Å². The van der Waals surface area contributed by atoms with Crippen LogP contribution in [0.2, 0.25) is 5.02 Å². The van der Waals surface area contributed by atoms with Crippen molar-refractivity contribution in [3.63, 3.8) is 0 Å². The van der Waals surface area contributed by atoms with Crippen LogP contribution in [-0.2, 0) is 11.3 Å². The first kappa shape index (κ1) is 16.9. The Labute approximate surface area is 155 Å². The lowest BCUT2D eigenvalue weighted by atomic mass is 9.95. The van der Waals surface area contributed by atoms with Crippen LogP contribution >= 0.6 is 11.6 Å². The van der Waals surface area contributed by atoms with Gasteiger partial charge < -0.3 is 18.7 Å². The van der Waals surface area contributed by atoms with Crippen LogP contribution in [0.4, 0.5) is 6.01 Å². The van der Waals surface area contributed by atoms with E-state index in [-0.39, 0.29) is 11.8 Å². The fraction of sp³-hybridized carbons (Fsp3) is 0.389. The molecule has 7 nitrogen and oxygen atoms in total. The summed E-state index contributed by atoms with van der Waals surface area (Å²) in [7, 11) is 1.80. The maximum Gasteiger partial charge on any atom is 0.298 e. The molecule has 0 spiro atoms. The second-order valence-electron chi connectivity index (χ2n) is 6.55. The molecule has 0 atom stereocenters. The number of anilines is 1. The van der Waals surface area contributed by atoms with Gasteiger partial charge in [-0.2, -0.15) is 4.98 Å². The number of hydrogen-bond acceptors (Lipinski definition) is 6. The van der Waals surface area contributed by atoms with Crippen molar-refractivity contribution < 1.29 is 13.7 Å². The molecule has 0 bridgehead atoms. The van der Waals surface area contributed by atoms with E-state index in [2.05, 4.69) is 15.0 Å². The molecule has 0 radical (unpaired) electrons. The number of benzene rings is 1. The van der Waals surface area contributed by atoms with Crippen LogP contribution in [0.1, 0.15) is 18.5 Å². The number of amides is 1. The van der Waals surface area contributed by atoms with Crippen molar-refractivity contribution in [1.82, 2.24) is 15.0 Å². The van der Waals surface area contributed by atoms with Gasteiger partial charge in [-0.3, -0.25) is 4.79 Å². The zero-order chi connectivity index (χ0) is 18.1. The SMILES string of the molecule is CN(Cc1ccon1)C(=O)C1CCN(c2nc3ccc(Cl)cc3o2)CC1. The van der Waals surface area contributed by atoms with Gasteiger partial charge in [0.1, 0.15) is 17.5 Å². The summed E-state index contributed by atoms with van der Waals surface area (Å²) in [4.78, 5) is 20.9. The zero-order valence-electron chi connectivity index (χ0n) is 14.4. The molecule has 26 heavy (non-hydrogen) atoms. The van der Waals surface area contributed by atoms with Gasteiger partial charge >= 0.3 is 0 Å². The summed E-state index contributed by atoms with van der Waals surface area (Å²) < 4.78 is 10.6. The minimum atomic E-state index is 0.00183. The van der Waals surface area contributed by atoms with E-state index >= 15 is 0 Å². The molecule has 3 aromatic rings. The fourth-order valence-corrected chi connectivity index (χ4v) is 3.45. The highest BCUT2D eigenvalue weighted by atomic mass is 35.5. The molecule has 0 N–H and O–H groups in total. The van der Waals surface area contributed by atoms with Crippen molar-refractivity contribution in [2.75, 3.05) is 25.0 Å². The number of nitrogens with zero attached hydrogens (tertiary/aromatic N) is 4. The molecule has 0 unspecified atom stereocenters. The van der Waals surface area contributed by atoms with E-state index in [1.165, 1.54) is 6.26 Å². The summed E-state index contributed by atoms with van der Waals surface area (Å²) >= 11 is 5.99. The van der Waals surface area contributed by atoms with Gasteiger partial charge in [0, 0.05) is 43.2 Å². The smallest absolute Gasteiger partial charge is 0.298 e. The van der Waals surface area contributed by atoms with Crippen molar-refractivity contribution in [3.05, 3.63) is 41.2 Å². The third kappa shape index (κ3) is 3.39. The first-order valence-electron chi connectivity index (χ1n) is 8.55. The third-order valence-electron chi connectivity index (χ3n) is 4.72. The van der Waals surface area contributed by atoms with Gasteiger partial charge in [-0.05, 0) is 25.0 Å². The molecule has 1 saturated heterocycles. The topological polar surface area (TPSA) is 75.6 Å². The van der Waals surface area contributed by atoms with E-state index in [9.17, 15) is 4.79 Å². The number of carbonyl (C=O) groups is 1. The average Bonchev–Trinajstić information content (AvgIpc) is 3.30. The maximum atomic E-state index is 12.6. The largest absolute Gasteiger partial charge is 0.423 e. The Morgan fingerprint density at radius 3 is 2.88 bits per heavy atom. The molecule has 1 fully saturated rings. The quantitative estimate of drug-likeness (QED) is 0.697. The summed E-state index contributed by atoms with van der Waals surface area (Å²) in [5, 5.41) is 4.48. The van der Waals surface area contributed by atoms with Crippen molar-refractivity contribution in [2.45, 2.75) is 19.4 Å². The first-order valence-corrected chi connectivity index (χ1v) is 8.93. The minimum Gasteiger partial charge on any atom is -0.423 e. The van der Waals surface area contributed by atoms with E-state index in [0.717, 1.165) is 37.1 Å². The zero-order valence-corrected chi connectivity index (χ0v) is 15.1. The Morgan fingerprint density at radius 2 is 2.15 bits per heavy atom. The predicted molar refractivity (Wildman–Crippen MR) is 96.9 cm³/mol. The van der Waals surface area contributed by atoms with Crippen molar-refractivity contribution >= 4 is 34.6 Å². The van der Waals surface area contributed by atoms with E-state index in [1.807, 2.05) is 6.07 Å². The van der Waals surface area contributed by atoms with Crippen LogP contribution < -0.4 is 4.90 Å². The average molecular weight is 375 g/mol. The predicted octanol–water partition coefficient (Wildman–Crippen LogP) is 3.34. The van der Waals surface area contributed by atoms with Crippen molar-refractivity contribution in [1.29, 1.82) is 0 Å². The maximum absolute atomic E-state index is 12.6. The number of aromatic nitrogens is 2. The van der Waals surface area contributed by atoms with Crippen LogP contribution in [0, 0.1) is 5.92 Å². The Hall–Kier alpha value is -2.54. The number of hydrogen-bond donors (Lipinski definition) is 0. The Balaban J connectivity index is 1.37. The molecule has 136 valence electrons. The molecule has 8 heteroatoms. The number of halogens is 1. The fourth-order valence-electron chi connectivity index (χ4n) is 3.29. The monoisotopic (exact) mass is 374 g/mol. The van der Waals surface area contributed by atoms with E-state index in [0.29, 0.717) is 23.2 Å². The molecule has 1 amide bonds. The van der Waals surface area contributed by atoms with Gasteiger partial charge in [0.15, 0.2) is 5.58 Å². The number of piperidine rings is 1. The molecular weight excluding hydrogens is 356 g/mol. The van der Waals surface area contributed by atoms with Crippen LogP contribution in [0.25, 0.3) is 11.1 Å². The summed E-state index contributed by atoms with van der Waals surface area (Å²) in [5.74, 6) is 0.138. The normalized spacial score (nSPS) is 15.5. The molecule has 4 rings (SSSR count). The standard InChI is InChI=1S/C18H19ClN4O3/c1-22(11-14-6-9-25-21-14)17(24)12-4-7-23(8-5-12)18-20-15-3-2-13(19)10-16(15)26-18/h2-3,6,9-10,12H,4-5,7-8,11H2,1H3. The number of carbonyl (C=O) groups excluding carboxylic acids is 1. The molecule has 1 aromatic carbocycles. The summed E-state index contributed by atoms with van der Waals surface area (Å²) in [6.07, 6.45) is 3.04. The summed E-state index contributed by atoms with van der Waals surface area (Å²) in [6, 6.07) is 7.77. The highest BCUT2D eigenvalue weighted by Crippen LogP contribution is 2.28.